The Morgan fingerprint density at radius 3 is 1.04 bits per heavy atom. The predicted octanol–water partition coefficient (Wildman–Crippen LogP) is 3.57. The fourth-order valence-electron chi connectivity index (χ4n) is 1.68. The zero-order chi connectivity index (χ0) is 19.5. The highest BCUT2D eigenvalue weighted by molar-refractivity contribution is 5.79. The van der Waals surface area contributed by atoms with Crippen LogP contribution in [0.15, 0.2) is 0 Å². The third-order valence-corrected chi connectivity index (χ3v) is 2.86. The van der Waals surface area contributed by atoms with Gasteiger partial charge in [0, 0.05) is 0 Å². The molecule has 0 saturated carbocycles. The van der Waals surface area contributed by atoms with Gasteiger partial charge in [-0.1, -0.05) is 0 Å². The standard InChI is InChI=1S/C10H6F10N2O2/c11-7(12,9(15,16)17)1-3(21)5(23)2(6(24)4(1)22)8(13,14)10(18,19)20/h23-24H,21-22H2. The summed E-state index contributed by atoms with van der Waals surface area (Å²) in [5, 5.41) is 18.4. The van der Waals surface area contributed by atoms with E-state index in [1.54, 1.807) is 0 Å². The van der Waals surface area contributed by atoms with Gasteiger partial charge in [-0.15, -0.1) is 0 Å². The van der Waals surface area contributed by atoms with Crippen molar-refractivity contribution in [2.24, 2.45) is 0 Å². The van der Waals surface area contributed by atoms with Crippen molar-refractivity contribution in [1.29, 1.82) is 0 Å². The summed E-state index contributed by atoms with van der Waals surface area (Å²) in [6.45, 7) is 0. The van der Waals surface area contributed by atoms with E-state index in [-0.39, 0.29) is 0 Å². The van der Waals surface area contributed by atoms with Crippen LogP contribution in [0, 0.1) is 0 Å². The molecule has 1 aromatic carbocycles. The minimum absolute atomic E-state index is 2.19. The predicted molar refractivity (Wildman–Crippen MR) is 58.5 cm³/mol. The molecule has 0 aromatic heterocycles. The first-order valence-corrected chi connectivity index (χ1v) is 5.41. The van der Waals surface area contributed by atoms with E-state index in [2.05, 4.69) is 11.5 Å². The largest absolute Gasteiger partial charge is 0.505 e. The fourth-order valence-corrected chi connectivity index (χ4v) is 1.68. The van der Waals surface area contributed by atoms with Crippen molar-refractivity contribution in [2.45, 2.75) is 24.2 Å². The van der Waals surface area contributed by atoms with Crippen LogP contribution in [0.25, 0.3) is 0 Å². The van der Waals surface area contributed by atoms with Gasteiger partial charge in [-0.3, -0.25) is 0 Å². The lowest BCUT2D eigenvalue weighted by Gasteiger charge is -2.27. The lowest BCUT2D eigenvalue weighted by molar-refractivity contribution is -0.291. The van der Waals surface area contributed by atoms with Crippen LogP contribution in [-0.4, -0.2) is 22.6 Å². The van der Waals surface area contributed by atoms with E-state index in [1.807, 2.05) is 0 Å². The van der Waals surface area contributed by atoms with E-state index in [9.17, 15) is 54.1 Å². The number of hydrogen-bond donors (Lipinski definition) is 4. The molecule has 1 aromatic rings. The molecule has 0 fully saturated rings. The number of phenolic OH excluding ortho intramolecular Hbond substituents is 2. The van der Waals surface area contributed by atoms with Gasteiger partial charge in [0.2, 0.25) is 0 Å². The summed E-state index contributed by atoms with van der Waals surface area (Å²) in [6.07, 6.45) is -12.9. The lowest BCUT2D eigenvalue weighted by atomic mass is 9.95. The van der Waals surface area contributed by atoms with Crippen molar-refractivity contribution in [3.8, 4) is 11.5 Å². The van der Waals surface area contributed by atoms with E-state index in [0.717, 1.165) is 0 Å². The number of phenols is 2. The van der Waals surface area contributed by atoms with Crippen LogP contribution in [0.3, 0.4) is 0 Å². The first-order valence-electron chi connectivity index (χ1n) is 5.41. The Bertz CT molecular complexity index is 579. The number of aromatic hydroxyl groups is 2. The summed E-state index contributed by atoms with van der Waals surface area (Å²) in [7, 11) is 0. The van der Waals surface area contributed by atoms with Crippen LogP contribution in [0.1, 0.15) is 11.1 Å². The van der Waals surface area contributed by atoms with Gasteiger partial charge in [0.15, 0.2) is 11.5 Å². The molecule has 0 saturated heterocycles. The van der Waals surface area contributed by atoms with Crippen LogP contribution >= 0.6 is 0 Å². The minimum Gasteiger partial charge on any atom is -0.505 e. The van der Waals surface area contributed by atoms with E-state index in [4.69, 9.17) is 0 Å². The molecule has 0 radical (unpaired) electrons. The van der Waals surface area contributed by atoms with Gasteiger partial charge in [-0.25, -0.2) is 0 Å². The Balaban J connectivity index is 3.91. The number of benzene rings is 1. The zero-order valence-corrected chi connectivity index (χ0v) is 10.8. The number of rotatable bonds is 2. The quantitative estimate of drug-likeness (QED) is 0.275. The molecule has 0 unspecified atom stereocenters. The van der Waals surface area contributed by atoms with Crippen LogP contribution in [0.5, 0.6) is 11.5 Å². The number of halogens is 10. The summed E-state index contributed by atoms with van der Waals surface area (Å²) in [6, 6.07) is 0. The number of anilines is 2. The number of alkyl halides is 10. The topological polar surface area (TPSA) is 92.5 Å². The average Bonchev–Trinajstić information content (AvgIpc) is 2.33. The molecule has 0 aliphatic heterocycles. The van der Waals surface area contributed by atoms with Gasteiger partial charge in [0.25, 0.3) is 0 Å². The third-order valence-electron chi connectivity index (χ3n) is 2.86. The van der Waals surface area contributed by atoms with Gasteiger partial charge in [-0.05, 0) is 0 Å². The molecule has 14 heteroatoms. The molecule has 24 heavy (non-hydrogen) atoms. The van der Waals surface area contributed by atoms with Gasteiger partial charge in [0.05, 0.1) is 16.9 Å². The summed E-state index contributed by atoms with van der Waals surface area (Å²) < 4.78 is 127. The normalized spacial score (nSPS) is 14.1. The second kappa shape index (κ2) is 5.11. The highest BCUT2D eigenvalue weighted by Gasteiger charge is 2.65. The molecular weight excluding hydrogens is 370 g/mol. The van der Waals surface area contributed by atoms with Gasteiger partial charge in [-0.2, -0.15) is 43.9 Å². The van der Waals surface area contributed by atoms with E-state index >= 15 is 0 Å². The molecule has 0 spiro atoms. The highest BCUT2D eigenvalue weighted by Crippen LogP contribution is 2.58. The van der Waals surface area contributed by atoms with E-state index < -0.39 is 58.2 Å². The maximum atomic E-state index is 13.3. The highest BCUT2D eigenvalue weighted by atomic mass is 19.4. The molecule has 0 atom stereocenters. The molecule has 0 heterocycles. The second-order valence-corrected chi connectivity index (χ2v) is 4.42. The van der Waals surface area contributed by atoms with Crippen molar-refractivity contribution in [1.82, 2.24) is 0 Å². The van der Waals surface area contributed by atoms with Crippen molar-refractivity contribution >= 4 is 11.4 Å². The maximum absolute atomic E-state index is 13.3. The second-order valence-electron chi connectivity index (χ2n) is 4.42. The fraction of sp³-hybridized carbons (Fsp3) is 0.400. The molecule has 0 aliphatic rings. The van der Waals surface area contributed by atoms with Crippen LogP contribution in [-0.2, 0) is 11.8 Å². The summed E-state index contributed by atoms with van der Waals surface area (Å²) in [4.78, 5) is 0. The Hall–Kier alpha value is -2.28. The van der Waals surface area contributed by atoms with Crippen molar-refractivity contribution in [2.75, 3.05) is 11.5 Å². The number of nitrogen functional groups attached to an aromatic ring is 2. The molecule has 0 aliphatic carbocycles. The smallest absolute Gasteiger partial charge is 0.458 e. The van der Waals surface area contributed by atoms with Crippen molar-refractivity contribution < 1.29 is 54.1 Å². The van der Waals surface area contributed by atoms with Crippen LogP contribution in [0.4, 0.5) is 55.3 Å². The van der Waals surface area contributed by atoms with Gasteiger partial charge >= 0.3 is 24.2 Å². The van der Waals surface area contributed by atoms with Crippen molar-refractivity contribution in [3.63, 3.8) is 0 Å². The molecule has 6 N–H and O–H groups in total. The van der Waals surface area contributed by atoms with Crippen LogP contribution in [0.2, 0.25) is 0 Å². The number of nitrogens with two attached hydrogens (primary N) is 2. The molecule has 1 rings (SSSR count). The molecular formula is C10H6F10N2O2. The lowest BCUT2D eigenvalue weighted by Crippen LogP contribution is -2.37. The third kappa shape index (κ3) is 2.58. The van der Waals surface area contributed by atoms with Gasteiger partial charge < -0.3 is 21.7 Å². The van der Waals surface area contributed by atoms with Crippen LogP contribution < -0.4 is 11.5 Å². The Labute approximate surface area is 125 Å². The monoisotopic (exact) mass is 376 g/mol. The van der Waals surface area contributed by atoms with E-state index in [0.29, 0.717) is 0 Å². The maximum Gasteiger partial charge on any atom is 0.458 e. The summed E-state index contributed by atoms with van der Waals surface area (Å²) in [5.74, 6) is -17.0. The first-order chi connectivity index (χ1) is 10.4. The Morgan fingerprint density at radius 2 is 0.792 bits per heavy atom. The number of hydrogen-bond acceptors (Lipinski definition) is 4. The Morgan fingerprint density at radius 1 is 0.542 bits per heavy atom. The van der Waals surface area contributed by atoms with Gasteiger partial charge in [0.1, 0.15) is 5.56 Å². The molecule has 4 nitrogen and oxygen atoms in total. The SMILES string of the molecule is Nc1c(O)c(C(F)(F)C(F)(F)F)c(O)c(N)c1C(F)(F)C(F)(F)F. The van der Waals surface area contributed by atoms with Crippen molar-refractivity contribution in [3.05, 3.63) is 11.1 Å². The zero-order valence-electron chi connectivity index (χ0n) is 10.8. The first kappa shape index (κ1) is 19.8. The summed E-state index contributed by atoms with van der Waals surface area (Å²) >= 11 is 0. The minimum atomic E-state index is -6.45. The molecule has 138 valence electrons. The summed E-state index contributed by atoms with van der Waals surface area (Å²) in [5.41, 5.74) is -0.362. The molecule has 0 amide bonds. The average molecular weight is 376 g/mol. The van der Waals surface area contributed by atoms with E-state index in [1.165, 1.54) is 0 Å². The molecule has 0 bridgehead atoms. The Kier molecular flexibility index (Phi) is 4.21.